The quantitative estimate of drug-likeness (QED) is 0.765. The van der Waals surface area contributed by atoms with Crippen LogP contribution in [0.15, 0.2) is 0 Å². The molecule has 1 aliphatic heterocycles. The Morgan fingerprint density at radius 1 is 1.36 bits per heavy atom. The van der Waals surface area contributed by atoms with Gasteiger partial charge in [0.05, 0.1) is 0 Å². The zero-order valence-electron chi connectivity index (χ0n) is 8.18. The van der Waals surface area contributed by atoms with Crippen LogP contribution < -0.4 is 5.32 Å². The second-order valence-corrected chi connectivity index (χ2v) is 3.77. The van der Waals surface area contributed by atoms with E-state index >= 15 is 0 Å². The fourth-order valence-corrected chi connectivity index (χ4v) is 1.78. The predicted octanol–water partition coefficient (Wildman–Crippen LogP) is 0.944. The molecule has 0 aromatic heterocycles. The van der Waals surface area contributed by atoms with Crippen LogP contribution in [0.5, 0.6) is 0 Å². The van der Waals surface area contributed by atoms with Crippen molar-refractivity contribution in [1.82, 2.24) is 10.2 Å². The molecule has 14 heavy (non-hydrogen) atoms. The van der Waals surface area contributed by atoms with E-state index in [9.17, 15) is 4.79 Å². The molecular weight excluding hydrogens is 244 g/mol. The monoisotopic (exact) mass is 258 g/mol. The molecule has 1 saturated heterocycles. The summed E-state index contributed by atoms with van der Waals surface area (Å²) in [4.78, 5) is 15.7. The molecular formula is C10H15BrN2O. The van der Waals surface area contributed by atoms with Crippen LogP contribution in [-0.4, -0.2) is 37.0 Å². The number of nitrogens with one attached hydrogen (secondary N) is 1. The Balaban J connectivity index is 2.07. The smallest absolute Gasteiger partial charge is 0.296 e. The number of hydrogen-bond donors (Lipinski definition) is 1. The fourth-order valence-electron chi connectivity index (χ4n) is 1.60. The zero-order valence-corrected chi connectivity index (χ0v) is 9.77. The SMILES string of the molecule is O=C(C#CBr)NCCN1CCCCC1. The Labute approximate surface area is 93.4 Å². The minimum absolute atomic E-state index is 0.209. The van der Waals surface area contributed by atoms with Crippen LogP contribution in [0.1, 0.15) is 19.3 Å². The largest absolute Gasteiger partial charge is 0.344 e. The van der Waals surface area contributed by atoms with Gasteiger partial charge >= 0.3 is 0 Å². The summed E-state index contributed by atoms with van der Waals surface area (Å²) >= 11 is 2.89. The van der Waals surface area contributed by atoms with Gasteiger partial charge in [-0.25, -0.2) is 0 Å². The second-order valence-electron chi connectivity index (χ2n) is 3.38. The summed E-state index contributed by atoms with van der Waals surface area (Å²) < 4.78 is 0. The lowest BCUT2D eigenvalue weighted by Gasteiger charge is -2.26. The van der Waals surface area contributed by atoms with Gasteiger partial charge in [-0.15, -0.1) is 0 Å². The van der Waals surface area contributed by atoms with E-state index in [-0.39, 0.29) is 5.91 Å². The second kappa shape index (κ2) is 6.86. The Hall–Kier alpha value is -0.530. The molecule has 1 N–H and O–H groups in total. The first-order chi connectivity index (χ1) is 6.83. The highest BCUT2D eigenvalue weighted by atomic mass is 79.9. The lowest BCUT2D eigenvalue weighted by molar-refractivity contribution is -0.115. The van der Waals surface area contributed by atoms with Crippen LogP contribution in [0.4, 0.5) is 0 Å². The van der Waals surface area contributed by atoms with Crippen molar-refractivity contribution in [2.24, 2.45) is 0 Å². The number of halogens is 1. The van der Waals surface area contributed by atoms with Crippen LogP contribution in [0.2, 0.25) is 0 Å². The van der Waals surface area contributed by atoms with E-state index in [1.165, 1.54) is 32.4 Å². The number of hydrogen-bond acceptors (Lipinski definition) is 2. The summed E-state index contributed by atoms with van der Waals surface area (Å²) in [6.45, 7) is 3.97. The van der Waals surface area contributed by atoms with Crippen molar-refractivity contribution in [1.29, 1.82) is 0 Å². The van der Waals surface area contributed by atoms with Crippen molar-refractivity contribution in [3.05, 3.63) is 0 Å². The molecule has 4 heteroatoms. The predicted molar refractivity (Wildman–Crippen MR) is 60.0 cm³/mol. The molecule has 3 nitrogen and oxygen atoms in total. The number of rotatable bonds is 3. The maximum Gasteiger partial charge on any atom is 0.296 e. The number of likely N-dealkylation sites (tertiary alicyclic amines) is 1. The standard InChI is InChI=1S/C10H15BrN2O/c11-5-4-10(14)12-6-9-13-7-2-1-3-8-13/h1-3,6-9H2,(H,12,14). The third kappa shape index (κ3) is 4.64. The lowest BCUT2D eigenvalue weighted by Crippen LogP contribution is -2.37. The number of carbonyl (C=O) groups excluding carboxylic acids is 1. The minimum atomic E-state index is -0.209. The number of piperidine rings is 1. The lowest BCUT2D eigenvalue weighted by atomic mass is 10.1. The normalized spacial score (nSPS) is 16.9. The van der Waals surface area contributed by atoms with Gasteiger partial charge in [0.1, 0.15) is 0 Å². The first kappa shape index (κ1) is 11.5. The Kier molecular flexibility index (Phi) is 5.65. The summed E-state index contributed by atoms with van der Waals surface area (Å²) in [5.41, 5.74) is 0. The molecule has 1 rings (SSSR count). The van der Waals surface area contributed by atoms with Gasteiger partial charge in [0.2, 0.25) is 0 Å². The van der Waals surface area contributed by atoms with Crippen molar-refractivity contribution in [2.75, 3.05) is 26.2 Å². The molecule has 0 saturated carbocycles. The fraction of sp³-hybridized carbons (Fsp3) is 0.700. The molecule has 1 amide bonds. The van der Waals surface area contributed by atoms with Crippen LogP contribution in [0.25, 0.3) is 0 Å². The first-order valence-corrected chi connectivity index (χ1v) is 5.74. The highest BCUT2D eigenvalue weighted by Crippen LogP contribution is 2.06. The van der Waals surface area contributed by atoms with Crippen molar-refractivity contribution in [2.45, 2.75) is 19.3 Å². The van der Waals surface area contributed by atoms with Gasteiger partial charge in [-0.2, -0.15) is 0 Å². The maximum atomic E-state index is 11.0. The molecule has 0 radical (unpaired) electrons. The topological polar surface area (TPSA) is 32.3 Å². The number of carbonyl (C=O) groups is 1. The zero-order chi connectivity index (χ0) is 10.2. The van der Waals surface area contributed by atoms with Crippen LogP contribution >= 0.6 is 15.9 Å². The van der Waals surface area contributed by atoms with Gasteiger partial charge in [-0.3, -0.25) is 4.79 Å². The van der Waals surface area contributed by atoms with Crippen molar-refractivity contribution < 1.29 is 4.79 Å². The van der Waals surface area contributed by atoms with E-state index in [1.54, 1.807) is 0 Å². The van der Waals surface area contributed by atoms with Gasteiger partial charge < -0.3 is 10.2 Å². The van der Waals surface area contributed by atoms with Crippen LogP contribution in [-0.2, 0) is 4.79 Å². The Morgan fingerprint density at radius 2 is 2.07 bits per heavy atom. The van der Waals surface area contributed by atoms with Crippen molar-refractivity contribution in [3.8, 4) is 10.8 Å². The minimum Gasteiger partial charge on any atom is -0.344 e. The van der Waals surface area contributed by atoms with Crippen LogP contribution in [0, 0.1) is 10.8 Å². The molecule has 0 unspecified atom stereocenters. The van der Waals surface area contributed by atoms with E-state index < -0.39 is 0 Å². The molecule has 0 spiro atoms. The summed E-state index contributed by atoms with van der Waals surface area (Å²) in [6, 6.07) is 0. The molecule has 1 heterocycles. The third-order valence-electron chi connectivity index (χ3n) is 2.32. The van der Waals surface area contributed by atoms with Gasteiger partial charge in [-0.1, -0.05) is 6.42 Å². The Bertz CT molecular complexity index is 238. The highest BCUT2D eigenvalue weighted by Gasteiger charge is 2.08. The summed E-state index contributed by atoms with van der Waals surface area (Å²) in [7, 11) is 0. The molecule has 0 aromatic carbocycles. The molecule has 0 atom stereocenters. The average Bonchev–Trinajstić information content (AvgIpc) is 2.20. The molecule has 0 aromatic rings. The molecule has 1 aliphatic rings. The van der Waals surface area contributed by atoms with Crippen molar-refractivity contribution in [3.63, 3.8) is 0 Å². The average molecular weight is 259 g/mol. The van der Waals surface area contributed by atoms with E-state index in [0.717, 1.165) is 6.54 Å². The Morgan fingerprint density at radius 3 is 2.71 bits per heavy atom. The highest BCUT2D eigenvalue weighted by molar-refractivity contribution is 9.12. The van der Waals surface area contributed by atoms with Gasteiger partial charge in [0.25, 0.3) is 5.91 Å². The van der Waals surface area contributed by atoms with E-state index in [1.807, 2.05) is 0 Å². The molecule has 1 fully saturated rings. The summed E-state index contributed by atoms with van der Waals surface area (Å²) in [5, 5.41) is 2.75. The van der Waals surface area contributed by atoms with E-state index in [2.05, 4.69) is 36.9 Å². The number of nitrogens with zero attached hydrogens (tertiary/aromatic N) is 1. The van der Waals surface area contributed by atoms with Crippen LogP contribution in [0.3, 0.4) is 0 Å². The van der Waals surface area contributed by atoms with Gasteiger partial charge in [0.15, 0.2) is 0 Å². The number of amides is 1. The molecule has 78 valence electrons. The third-order valence-corrected chi connectivity index (χ3v) is 2.52. The summed E-state index contributed by atoms with van der Waals surface area (Å²) in [6.07, 6.45) is 3.92. The van der Waals surface area contributed by atoms with Gasteiger partial charge in [0, 0.05) is 34.9 Å². The first-order valence-electron chi connectivity index (χ1n) is 4.95. The molecule has 0 bridgehead atoms. The van der Waals surface area contributed by atoms with E-state index in [0.29, 0.717) is 6.54 Å². The summed E-state index contributed by atoms with van der Waals surface area (Å²) in [5.74, 6) is 2.17. The van der Waals surface area contributed by atoms with Gasteiger partial charge in [-0.05, 0) is 30.8 Å². The molecule has 0 aliphatic carbocycles. The van der Waals surface area contributed by atoms with E-state index in [4.69, 9.17) is 0 Å². The maximum absolute atomic E-state index is 11.0. The van der Waals surface area contributed by atoms with Crippen molar-refractivity contribution >= 4 is 21.8 Å².